The molecule has 0 N–H and O–H groups in total. The largest absolute Gasteiger partial charge is 0.348 e. The molecular weight excluding hydrogens is 126 g/mol. The van der Waals surface area contributed by atoms with Crippen LogP contribution >= 0.6 is 0 Å². The predicted octanol–water partition coefficient (Wildman–Crippen LogP) is 1.26. The molecule has 0 aromatic rings. The maximum atomic E-state index is 11.4. The van der Waals surface area contributed by atoms with Crippen LogP contribution in [0.25, 0.3) is 0 Å². The van der Waals surface area contributed by atoms with Crippen molar-refractivity contribution in [2.45, 2.75) is 26.2 Å². The minimum absolute atomic E-state index is 0.0104. The van der Waals surface area contributed by atoms with Crippen molar-refractivity contribution >= 4 is 5.91 Å². The van der Waals surface area contributed by atoms with Crippen molar-refractivity contribution in [2.75, 3.05) is 14.1 Å². The average Bonchev–Trinajstić information content (AvgIpc) is 1.81. The van der Waals surface area contributed by atoms with Gasteiger partial charge >= 0.3 is 0 Å². The van der Waals surface area contributed by atoms with Crippen molar-refractivity contribution in [1.82, 2.24) is 4.90 Å². The molecule has 0 aliphatic heterocycles. The molecule has 1 aliphatic rings. The van der Waals surface area contributed by atoms with E-state index in [1.807, 2.05) is 14.1 Å². The molecule has 1 rings (SSSR count). The second kappa shape index (κ2) is 2.26. The fourth-order valence-corrected chi connectivity index (χ4v) is 1.46. The highest BCUT2D eigenvalue weighted by Crippen LogP contribution is 2.41. The van der Waals surface area contributed by atoms with Crippen molar-refractivity contribution in [3.8, 4) is 0 Å². The standard InChI is InChI=1S/C8H15NO/c1-8(5-4-6-8)7(10)9(2)3/h4-6H2,1-3H3. The Morgan fingerprint density at radius 1 is 1.40 bits per heavy atom. The van der Waals surface area contributed by atoms with Gasteiger partial charge in [0.2, 0.25) is 5.91 Å². The number of nitrogens with zero attached hydrogens (tertiary/aromatic N) is 1. The minimum atomic E-state index is -0.0104. The second-order valence-electron chi connectivity index (χ2n) is 3.61. The normalized spacial score (nSPS) is 21.5. The summed E-state index contributed by atoms with van der Waals surface area (Å²) in [6.07, 6.45) is 3.37. The molecule has 0 saturated heterocycles. The molecule has 0 bridgehead atoms. The van der Waals surface area contributed by atoms with Gasteiger partial charge in [0.15, 0.2) is 0 Å². The third-order valence-electron chi connectivity index (χ3n) is 2.38. The number of amides is 1. The molecule has 1 amide bonds. The lowest BCUT2D eigenvalue weighted by Gasteiger charge is -2.38. The molecule has 0 radical (unpaired) electrons. The molecule has 58 valence electrons. The van der Waals surface area contributed by atoms with Gasteiger partial charge in [-0.1, -0.05) is 13.3 Å². The van der Waals surface area contributed by atoms with Gasteiger partial charge in [-0.05, 0) is 12.8 Å². The van der Waals surface area contributed by atoms with Crippen LogP contribution in [0.15, 0.2) is 0 Å². The Bertz CT molecular complexity index is 147. The monoisotopic (exact) mass is 141 g/mol. The minimum Gasteiger partial charge on any atom is -0.348 e. The van der Waals surface area contributed by atoms with Gasteiger partial charge < -0.3 is 4.90 Å². The molecule has 0 unspecified atom stereocenters. The highest BCUT2D eigenvalue weighted by Gasteiger charge is 2.39. The summed E-state index contributed by atoms with van der Waals surface area (Å²) in [6.45, 7) is 2.05. The molecule has 1 fully saturated rings. The summed E-state index contributed by atoms with van der Waals surface area (Å²) in [7, 11) is 3.65. The molecule has 1 saturated carbocycles. The Balaban J connectivity index is 2.55. The van der Waals surface area contributed by atoms with E-state index in [4.69, 9.17) is 0 Å². The fraction of sp³-hybridized carbons (Fsp3) is 0.875. The zero-order chi connectivity index (χ0) is 7.78. The van der Waals surface area contributed by atoms with E-state index in [1.165, 1.54) is 6.42 Å². The van der Waals surface area contributed by atoms with E-state index in [0.717, 1.165) is 12.8 Å². The predicted molar refractivity (Wildman–Crippen MR) is 40.7 cm³/mol. The SMILES string of the molecule is CN(C)C(=O)C1(C)CCC1. The van der Waals surface area contributed by atoms with Crippen LogP contribution in [0.1, 0.15) is 26.2 Å². The number of hydrogen-bond acceptors (Lipinski definition) is 1. The van der Waals surface area contributed by atoms with Crippen molar-refractivity contribution in [1.29, 1.82) is 0 Å². The van der Waals surface area contributed by atoms with E-state index < -0.39 is 0 Å². The van der Waals surface area contributed by atoms with Gasteiger partial charge in [-0.15, -0.1) is 0 Å². The number of carbonyl (C=O) groups excluding carboxylic acids is 1. The number of carbonyl (C=O) groups is 1. The topological polar surface area (TPSA) is 20.3 Å². The van der Waals surface area contributed by atoms with Crippen molar-refractivity contribution in [3.05, 3.63) is 0 Å². The maximum absolute atomic E-state index is 11.4. The van der Waals surface area contributed by atoms with Crippen LogP contribution in [0.3, 0.4) is 0 Å². The molecule has 2 heteroatoms. The molecule has 0 aromatic carbocycles. The van der Waals surface area contributed by atoms with E-state index in [2.05, 4.69) is 6.92 Å². The second-order valence-corrected chi connectivity index (χ2v) is 3.61. The van der Waals surface area contributed by atoms with Crippen molar-refractivity contribution < 1.29 is 4.79 Å². The summed E-state index contributed by atoms with van der Waals surface area (Å²) in [5.41, 5.74) is -0.0104. The summed E-state index contributed by atoms with van der Waals surface area (Å²) in [5.74, 6) is 0.291. The van der Waals surface area contributed by atoms with E-state index >= 15 is 0 Å². The Labute approximate surface area is 62.2 Å². The van der Waals surface area contributed by atoms with Crippen LogP contribution in [0, 0.1) is 5.41 Å². The molecule has 0 heterocycles. The first-order valence-corrected chi connectivity index (χ1v) is 3.78. The first kappa shape index (κ1) is 7.58. The van der Waals surface area contributed by atoms with Gasteiger partial charge in [-0.25, -0.2) is 0 Å². The lowest BCUT2D eigenvalue weighted by molar-refractivity contribution is -0.143. The van der Waals surface area contributed by atoms with E-state index in [9.17, 15) is 4.79 Å². The first-order valence-electron chi connectivity index (χ1n) is 3.78. The van der Waals surface area contributed by atoms with Crippen LogP contribution < -0.4 is 0 Å². The van der Waals surface area contributed by atoms with Crippen LogP contribution in [-0.2, 0) is 4.79 Å². The third kappa shape index (κ3) is 1.02. The van der Waals surface area contributed by atoms with Crippen molar-refractivity contribution in [2.24, 2.45) is 5.41 Å². The fourth-order valence-electron chi connectivity index (χ4n) is 1.46. The van der Waals surface area contributed by atoms with Gasteiger partial charge in [-0.2, -0.15) is 0 Å². The number of hydrogen-bond donors (Lipinski definition) is 0. The first-order chi connectivity index (χ1) is 4.56. The van der Waals surface area contributed by atoms with Gasteiger partial charge in [0.25, 0.3) is 0 Å². The van der Waals surface area contributed by atoms with E-state index in [0.29, 0.717) is 5.91 Å². The van der Waals surface area contributed by atoms with Crippen LogP contribution in [-0.4, -0.2) is 24.9 Å². The summed E-state index contributed by atoms with van der Waals surface area (Å²) in [6, 6.07) is 0. The Morgan fingerprint density at radius 3 is 2.00 bits per heavy atom. The summed E-state index contributed by atoms with van der Waals surface area (Å²) >= 11 is 0. The summed E-state index contributed by atoms with van der Waals surface area (Å²) in [4.78, 5) is 13.1. The zero-order valence-corrected chi connectivity index (χ0v) is 6.98. The molecule has 1 aliphatic carbocycles. The van der Waals surface area contributed by atoms with Crippen molar-refractivity contribution in [3.63, 3.8) is 0 Å². The Kier molecular flexibility index (Phi) is 1.71. The van der Waals surface area contributed by atoms with Gasteiger partial charge in [0, 0.05) is 19.5 Å². The highest BCUT2D eigenvalue weighted by atomic mass is 16.2. The molecule has 0 spiro atoms. The number of rotatable bonds is 1. The smallest absolute Gasteiger partial charge is 0.227 e. The average molecular weight is 141 g/mol. The molecule has 0 aromatic heterocycles. The third-order valence-corrected chi connectivity index (χ3v) is 2.38. The molecule has 2 nitrogen and oxygen atoms in total. The van der Waals surface area contributed by atoms with Crippen LogP contribution in [0.2, 0.25) is 0 Å². The van der Waals surface area contributed by atoms with E-state index in [-0.39, 0.29) is 5.41 Å². The van der Waals surface area contributed by atoms with Gasteiger partial charge in [-0.3, -0.25) is 4.79 Å². The van der Waals surface area contributed by atoms with Gasteiger partial charge in [0.05, 0.1) is 0 Å². The molecular formula is C8H15NO. The summed E-state index contributed by atoms with van der Waals surface area (Å²) < 4.78 is 0. The quantitative estimate of drug-likeness (QED) is 0.538. The van der Waals surface area contributed by atoms with Crippen LogP contribution in [0.5, 0.6) is 0 Å². The zero-order valence-electron chi connectivity index (χ0n) is 6.98. The lowest BCUT2D eigenvalue weighted by Crippen LogP contribution is -2.42. The van der Waals surface area contributed by atoms with Crippen LogP contribution in [0.4, 0.5) is 0 Å². The lowest BCUT2D eigenvalue weighted by atomic mass is 9.69. The molecule has 10 heavy (non-hydrogen) atoms. The maximum Gasteiger partial charge on any atom is 0.227 e. The Hall–Kier alpha value is -0.530. The molecule has 0 atom stereocenters. The highest BCUT2D eigenvalue weighted by molar-refractivity contribution is 5.82. The van der Waals surface area contributed by atoms with E-state index in [1.54, 1.807) is 4.90 Å². The van der Waals surface area contributed by atoms with Gasteiger partial charge in [0.1, 0.15) is 0 Å². The summed E-state index contributed by atoms with van der Waals surface area (Å²) in [5, 5.41) is 0. The Morgan fingerprint density at radius 2 is 1.90 bits per heavy atom.